The summed E-state index contributed by atoms with van der Waals surface area (Å²) in [5, 5.41) is 6.46. The van der Waals surface area contributed by atoms with Crippen LogP contribution in [-0.4, -0.2) is 42.5 Å². The normalized spacial score (nSPS) is 23.6. The van der Waals surface area contributed by atoms with Gasteiger partial charge in [0.05, 0.1) is 6.54 Å². The maximum atomic E-state index is 12.2. The van der Waals surface area contributed by atoms with Gasteiger partial charge in [-0.25, -0.2) is 0 Å². The molecule has 2 unspecified atom stereocenters. The number of carbonyl (C=O) groups is 1. The van der Waals surface area contributed by atoms with E-state index in [1.165, 1.54) is 5.56 Å². The number of carbonyl (C=O) groups excluding carboxylic acids is 1. The van der Waals surface area contributed by atoms with Gasteiger partial charge >= 0.3 is 0 Å². The summed E-state index contributed by atoms with van der Waals surface area (Å²) >= 11 is 0. The van der Waals surface area contributed by atoms with Crippen LogP contribution in [0.25, 0.3) is 0 Å². The Morgan fingerprint density at radius 1 is 1.40 bits per heavy atom. The molecule has 0 saturated carbocycles. The van der Waals surface area contributed by atoms with Gasteiger partial charge in [0.2, 0.25) is 5.91 Å². The van der Waals surface area contributed by atoms with Gasteiger partial charge in [-0.1, -0.05) is 12.1 Å². The third kappa shape index (κ3) is 3.58. The smallest absolute Gasteiger partial charge is 0.238 e. The van der Waals surface area contributed by atoms with Gasteiger partial charge in [-0.2, -0.15) is 0 Å². The Morgan fingerprint density at radius 2 is 2.15 bits per heavy atom. The summed E-state index contributed by atoms with van der Waals surface area (Å²) in [5.74, 6) is 0.0691. The van der Waals surface area contributed by atoms with E-state index in [-0.39, 0.29) is 5.91 Å². The molecule has 1 aliphatic rings. The molecule has 1 aromatic rings. The van der Waals surface area contributed by atoms with Crippen LogP contribution < -0.4 is 10.6 Å². The Hall–Kier alpha value is -1.39. The number of nitrogens with zero attached hydrogens (tertiary/aromatic N) is 1. The predicted molar refractivity (Wildman–Crippen MR) is 83.0 cm³/mol. The van der Waals surface area contributed by atoms with Crippen molar-refractivity contribution < 1.29 is 4.79 Å². The molecule has 20 heavy (non-hydrogen) atoms. The molecule has 1 amide bonds. The molecule has 1 fully saturated rings. The van der Waals surface area contributed by atoms with Crippen LogP contribution in [0.5, 0.6) is 0 Å². The van der Waals surface area contributed by atoms with E-state index >= 15 is 0 Å². The van der Waals surface area contributed by atoms with Crippen molar-refractivity contribution in [2.45, 2.75) is 39.8 Å². The molecule has 110 valence electrons. The molecule has 1 aliphatic heterocycles. The quantitative estimate of drug-likeness (QED) is 0.886. The minimum atomic E-state index is 0.0691. The van der Waals surface area contributed by atoms with E-state index in [9.17, 15) is 4.79 Å². The Morgan fingerprint density at radius 3 is 2.90 bits per heavy atom. The highest BCUT2D eigenvalue weighted by Gasteiger charge is 2.24. The van der Waals surface area contributed by atoms with Crippen molar-refractivity contribution in [3.63, 3.8) is 0 Å². The highest BCUT2D eigenvalue weighted by molar-refractivity contribution is 5.93. The first-order valence-corrected chi connectivity index (χ1v) is 7.31. The van der Waals surface area contributed by atoms with Gasteiger partial charge in [0.25, 0.3) is 0 Å². The molecular weight excluding hydrogens is 250 g/mol. The van der Waals surface area contributed by atoms with Crippen molar-refractivity contribution >= 4 is 11.6 Å². The van der Waals surface area contributed by atoms with Gasteiger partial charge in [-0.05, 0) is 44.9 Å². The first-order chi connectivity index (χ1) is 9.47. The average Bonchev–Trinajstić information content (AvgIpc) is 2.39. The number of rotatable bonds is 3. The predicted octanol–water partition coefficient (Wildman–Crippen LogP) is 1.92. The molecule has 0 bridgehead atoms. The zero-order valence-corrected chi connectivity index (χ0v) is 12.9. The maximum Gasteiger partial charge on any atom is 0.238 e. The van der Waals surface area contributed by atoms with Crippen LogP contribution in [0, 0.1) is 13.8 Å². The molecule has 2 N–H and O–H groups in total. The van der Waals surface area contributed by atoms with Crippen molar-refractivity contribution in [2.75, 3.05) is 25.0 Å². The third-order valence-corrected chi connectivity index (χ3v) is 4.12. The summed E-state index contributed by atoms with van der Waals surface area (Å²) in [4.78, 5) is 14.5. The van der Waals surface area contributed by atoms with Crippen molar-refractivity contribution in [3.8, 4) is 0 Å². The first-order valence-electron chi connectivity index (χ1n) is 7.31. The zero-order chi connectivity index (χ0) is 14.7. The summed E-state index contributed by atoms with van der Waals surface area (Å²) < 4.78 is 0. The summed E-state index contributed by atoms with van der Waals surface area (Å²) in [6.45, 7) is 10.7. The van der Waals surface area contributed by atoms with E-state index in [0.29, 0.717) is 18.6 Å². The number of benzene rings is 1. The second-order valence-corrected chi connectivity index (χ2v) is 5.88. The summed E-state index contributed by atoms with van der Waals surface area (Å²) in [6.07, 6.45) is 0. The van der Waals surface area contributed by atoms with E-state index in [1.807, 2.05) is 19.1 Å². The van der Waals surface area contributed by atoms with Crippen molar-refractivity contribution in [2.24, 2.45) is 0 Å². The molecular formula is C16H25N3O. The fourth-order valence-electron chi connectivity index (χ4n) is 2.58. The number of piperazine rings is 1. The lowest BCUT2D eigenvalue weighted by Crippen LogP contribution is -2.55. The third-order valence-electron chi connectivity index (χ3n) is 4.12. The number of nitrogens with one attached hydrogen (secondary N) is 2. The van der Waals surface area contributed by atoms with Crippen LogP contribution in [0.3, 0.4) is 0 Å². The van der Waals surface area contributed by atoms with E-state index in [2.05, 4.69) is 42.4 Å². The lowest BCUT2D eigenvalue weighted by atomic mass is 10.1. The minimum absolute atomic E-state index is 0.0691. The SMILES string of the molecule is Cc1cccc(NC(=O)CN2CC(C)NCC2C)c1C. The molecule has 4 nitrogen and oxygen atoms in total. The van der Waals surface area contributed by atoms with Gasteiger partial charge in [0, 0.05) is 30.9 Å². The summed E-state index contributed by atoms with van der Waals surface area (Å²) in [7, 11) is 0. The largest absolute Gasteiger partial charge is 0.325 e. The van der Waals surface area contributed by atoms with E-state index < -0.39 is 0 Å². The van der Waals surface area contributed by atoms with E-state index in [4.69, 9.17) is 0 Å². The number of anilines is 1. The van der Waals surface area contributed by atoms with Crippen LogP contribution in [0.4, 0.5) is 5.69 Å². The van der Waals surface area contributed by atoms with Gasteiger partial charge in [-0.15, -0.1) is 0 Å². The topological polar surface area (TPSA) is 44.4 Å². The lowest BCUT2D eigenvalue weighted by molar-refractivity contribution is -0.118. The fraction of sp³-hybridized carbons (Fsp3) is 0.562. The number of amides is 1. The molecule has 1 heterocycles. The lowest BCUT2D eigenvalue weighted by Gasteiger charge is -2.37. The number of aryl methyl sites for hydroxylation is 1. The highest BCUT2D eigenvalue weighted by atomic mass is 16.2. The van der Waals surface area contributed by atoms with Gasteiger partial charge in [0.15, 0.2) is 0 Å². The first kappa shape index (κ1) is 15.0. The summed E-state index contributed by atoms with van der Waals surface area (Å²) in [5.41, 5.74) is 3.26. The molecule has 1 saturated heterocycles. The second kappa shape index (κ2) is 6.37. The zero-order valence-electron chi connectivity index (χ0n) is 12.9. The Kier molecular flexibility index (Phi) is 4.78. The van der Waals surface area contributed by atoms with E-state index in [0.717, 1.165) is 24.3 Å². The summed E-state index contributed by atoms with van der Waals surface area (Å²) in [6, 6.07) is 6.85. The molecule has 2 rings (SSSR count). The number of hydrogen-bond acceptors (Lipinski definition) is 3. The van der Waals surface area contributed by atoms with Crippen LogP contribution >= 0.6 is 0 Å². The van der Waals surface area contributed by atoms with Gasteiger partial charge < -0.3 is 10.6 Å². The van der Waals surface area contributed by atoms with Crippen LogP contribution in [0.2, 0.25) is 0 Å². The molecule has 0 aromatic heterocycles. The second-order valence-electron chi connectivity index (χ2n) is 5.88. The molecule has 0 spiro atoms. The van der Waals surface area contributed by atoms with Crippen LogP contribution in [0.1, 0.15) is 25.0 Å². The molecule has 0 aliphatic carbocycles. The van der Waals surface area contributed by atoms with Crippen LogP contribution in [-0.2, 0) is 4.79 Å². The highest BCUT2D eigenvalue weighted by Crippen LogP contribution is 2.18. The molecule has 4 heteroatoms. The minimum Gasteiger partial charge on any atom is -0.325 e. The fourth-order valence-corrected chi connectivity index (χ4v) is 2.58. The monoisotopic (exact) mass is 275 g/mol. The Bertz CT molecular complexity index is 487. The number of hydrogen-bond donors (Lipinski definition) is 2. The van der Waals surface area contributed by atoms with Gasteiger partial charge in [0.1, 0.15) is 0 Å². The van der Waals surface area contributed by atoms with Gasteiger partial charge in [-0.3, -0.25) is 9.69 Å². The molecule has 0 radical (unpaired) electrons. The van der Waals surface area contributed by atoms with E-state index in [1.54, 1.807) is 0 Å². The Balaban J connectivity index is 1.96. The average molecular weight is 275 g/mol. The van der Waals surface area contributed by atoms with Crippen LogP contribution in [0.15, 0.2) is 18.2 Å². The standard InChI is InChI=1S/C16H25N3O/c1-11-6-5-7-15(14(11)4)18-16(20)10-19-9-12(2)17-8-13(19)3/h5-7,12-13,17H,8-10H2,1-4H3,(H,18,20). The Labute approximate surface area is 121 Å². The van der Waals surface area contributed by atoms with Crippen molar-refractivity contribution in [1.82, 2.24) is 10.2 Å². The maximum absolute atomic E-state index is 12.2. The molecule has 2 atom stereocenters. The van der Waals surface area contributed by atoms with Crippen molar-refractivity contribution in [3.05, 3.63) is 29.3 Å². The molecule has 1 aromatic carbocycles. The van der Waals surface area contributed by atoms with Crippen molar-refractivity contribution in [1.29, 1.82) is 0 Å².